The van der Waals surface area contributed by atoms with Crippen molar-refractivity contribution in [1.29, 1.82) is 0 Å². The summed E-state index contributed by atoms with van der Waals surface area (Å²) in [5, 5.41) is 54.7. The highest BCUT2D eigenvalue weighted by Gasteiger charge is 2.72. The highest BCUT2D eigenvalue weighted by Crippen LogP contribution is 2.75. The Balaban J connectivity index is 1.65. The summed E-state index contributed by atoms with van der Waals surface area (Å²) in [7, 11) is 0. The zero-order valence-electron chi connectivity index (χ0n) is 23.0. The van der Waals surface area contributed by atoms with Crippen LogP contribution in [-0.2, 0) is 4.79 Å². The summed E-state index contributed by atoms with van der Waals surface area (Å²) in [6.07, 6.45) is 4.44. The Bertz CT molecular complexity index is 963. The van der Waals surface area contributed by atoms with Crippen molar-refractivity contribution < 1.29 is 30.3 Å². The summed E-state index contributed by atoms with van der Waals surface area (Å²) in [5.41, 5.74) is -1.41. The predicted octanol–water partition coefficient (Wildman–Crippen LogP) is 4.00. The van der Waals surface area contributed by atoms with Gasteiger partial charge in [0.05, 0.1) is 30.3 Å². The van der Waals surface area contributed by atoms with Gasteiger partial charge in [0.1, 0.15) is 0 Å². The fourth-order valence-corrected chi connectivity index (χ4v) is 11.2. The van der Waals surface area contributed by atoms with Crippen molar-refractivity contribution in [3.8, 4) is 0 Å². The lowest BCUT2D eigenvalue weighted by Gasteiger charge is -2.72. The van der Waals surface area contributed by atoms with Crippen molar-refractivity contribution in [1.82, 2.24) is 0 Å². The van der Waals surface area contributed by atoms with Crippen LogP contribution in [0, 0.1) is 56.7 Å². The van der Waals surface area contributed by atoms with Crippen molar-refractivity contribution >= 4 is 5.97 Å². The van der Waals surface area contributed by atoms with Crippen molar-refractivity contribution in [2.75, 3.05) is 6.61 Å². The van der Waals surface area contributed by atoms with Gasteiger partial charge >= 0.3 is 5.97 Å². The molecule has 4 fully saturated rings. The third-order valence-electron chi connectivity index (χ3n) is 13.4. The molecule has 5 aliphatic rings. The van der Waals surface area contributed by atoms with E-state index in [1.165, 1.54) is 5.57 Å². The molecule has 0 radical (unpaired) electrons. The molecule has 5 N–H and O–H groups in total. The Morgan fingerprint density at radius 1 is 1.00 bits per heavy atom. The van der Waals surface area contributed by atoms with Gasteiger partial charge < -0.3 is 25.5 Å². The number of aliphatic hydroxyl groups is 4. The van der Waals surface area contributed by atoms with E-state index >= 15 is 0 Å². The van der Waals surface area contributed by atoms with Crippen LogP contribution in [0.25, 0.3) is 0 Å². The van der Waals surface area contributed by atoms with Crippen LogP contribution in [-0.4, -0.2) is 56.4 Å². The first-order valence-electron chi connectivity index (χ1n) is 14.2. The average Bonchev–Trinajstić information content (AvgIpc) is 2.80. The van der Waals surface area contributed by atoms with Crippen LogP contribution < -0.4 is 0 Å². The first kappa shape index (κ1) is 26.6. The van der Waals surface area contributed by atoms with Gasteiger partial charge in [0.2, 0.25) is 0 Å². The number of fused-ring (bicyclic) bond motifs is 7. The lowest BCUT2D eigenvalue weighted by Crippen LogP contribution is -2.71. The number of carboxylic acids is 1. The molecular formula is C30H48O6. The second kappa shape index (κ2) is 8.03. The average molecular weight is 505 g/mol. The molecule has 4 saturated carbocycles. The van der Waals surface area contributed by atoms with Gasteiger partial charge in [-0.05, 0) is 84.9 Å². The Labute approximate surface area is 216 Å². The molecular weight excluding hydrogens is 456 g/mol. The SMILES string of the molecule is C[C@H]1[C@H](C)CC[C@]2(C(=O)O)CC[C@]3(C)C(=CC[C@H]4[C@@]5(C)C[C@@H](O)[C@H](O)[C@@](C)(CO)[C@H]5[C@H](O)C[C@]43C)[C@H]12. The Hall–Kier alpha value is -0.950. The minimum Gasteiger partial charge on any atom is -0.481 e. The molecule has 36 heavy (non-hydrogen) atoms. The monoisotopic (exact) mass is 504 g/mol. The molecule has 6 heteroatoms. The molecule has 0 aliphatic heterocycles. The van der Waals surface area contributed by atoms with Gasteiger partial charge in [-0.2, -0.15) is 0 Å². The van der Waals surface area contributed by atoms with Crippen LogP contribution in [0.3, 0.4) is 0 Å². The summed E-state index contributed by atoms with van der Waals surface area (Å²) in [4.78, 5) is 12.8. The molecule has 0 aromatic heterocycles. The number of carboxylic acid groups (broad SMARTS) is 1. The van der Waals surface area contributed by atoms with E-state index in [1.54, 1.807) is 0 Å². The molecule has 0 heterocycles. The maximum atomic E-state index is 12.8. The van der Waals surface area contributed by atoms with Crippen LogP contribution in [0.1, 0.15) is 86.5 Å². The molecule has 5 rings (SSSR count). The smallest absolute Gasteiger partial charge is 0.310 e. The van der Waals surface area contributed by atoms with E-state index in [9.17, 15) is 30.3 Å². The van der Waals surface area contributed by atoms with Crippen LogP contribution in [0.15, 0.2) is 11.6 Å². The third kappa shape index (κ3) is 2.96. The normalized spacial score (nSPS) is 58.6. The first-order valence-corrected chi connectivity index (χ1v) is 14.2. The molecule has 0 aromatic carbocycles. The minimum atomic E-state index is -1.08. The molecule has 204 valence electrons. The van der Waals surface area contributed by atoms with Crippen LogP contribution >= 0.6 is 0 Å². The summed E-state index contributed by atoms with van der Waals surface area (Å²) < 4.78 is 0. The van der Waals surface area contributed by atoms with Crippen molar-refractivity contribution in [2.45, 2.75) is 105 Å². The van der Waals surface area contributed by atoms with Gasteiger partial charge in [-0.3, -0.25) is 4.79 Å². The molecule has 0 saturated heterocycles. The summed E-state index contributed by atoms with van der Waals surface area (Å²) in [6, 6.07) is 0. The Kier molecular flexibility index (Phi) is 5.95. The Morgan fingerprint density at radius 2 is 1.67 bits per heavy atom. The van der Waals surface area contributed by atoms with Crippen molar-refractivity contribution in [3.63, 3.8) is 0 Å². The molecule has 5 aliphatic carbocycles. The van der Waals surface area contributed by atoms with E-state index < -0.39 is 40.5 Å². The zero-order valence-corrected chi connectivity index (χ0v) is 23.0. The molecule has 6 nitrogen and oxygen atoms in total. The van der Waals surface area contributed by atoms with Crippen molar-refractivity contribution in [3.05, 3.63) is 11.6 Å². The topological polar surface area (TPSA) is 118 Å². The molecule has 0 aromatic rings. The molecule has 0 unspecified atom stereocenters. The highest BCUT2D eigenvalue weighted by atomic mass is 16.4. The third-order valence-corrected chi connectivity index (χ3v) is 13.4. The number of carbonyl (C=O) groups is 1. The lowest BCUT2D eigenvalue weighted by molar-refractivity contribution is -0.273. The Morgan fingerprint density at radius 3 is 2.28 bits per heavy atom. The molecule has 0 spiro atoms. The summed E-state index contributed by atoms with van der Waals surface area (Å²) in [6.45, 7) is 12.8. The maximum absolute atomic E-state index is 12.8. The standard InChI is InChI=1S/C30H48O6/c1-16-9-10-30(25(35)36)12-11-28(5)18(22(30)17(16)2)7-8-21-26(3)13-20(33)24(34)27(4,15-31)23(26)19(32)14-29(21,28)6/h7,16-17,19-24,31-34H,8-15H2,1-6H3,(H,35,36)/t16-,17+,19-,20-,21+,22+,23+,24+,26-,27+,28-,29-,30+/m1/s1. The largest absolute Gasteiger partial charge is 0.481 e. The van der Waals surface area contributed by atoms with E-state index in [2.05, 4.69) is 40.7 Å². The van der Waals surface area contributed by atoms with E-state index in [-0.39, 0.29) is 41.1 Å². The minimum absolute atomic E-state index is 0.000534. The maximum Gasteiger partial charge on any atom is 0.310 e. The number of hydrogen-bond donors (Lipinski definition) is 5. The van der Waals surface area contributed by atoms with Crippen LogP contribution in [0.5, 0.6) is 0 Å². The van der Waals surface area contributed by atoms with Gasteiger partial charge in [0.25, 0.3) is 0 Å². The van der Waals surface area contributed by atoms with E-state index in [1.807, 2.05) is 6.92 Å². The van der Waals surface area contributed by atoms with E-state index in [4.69, 9.17) is 0 Å². The number of rotatable bonds is 2. The van der Waals surface area contributed by atoms with Gasteiger partial charge in [0, 0.05) is 11.3 Å². The van der Waals surface area contributed by atoms with E-state index in [0.29, 0.717) is 25.2 Å². The number of allylic oxidation sites excluding steroid dienone is 2. The second-order valence-corrected chi connectivity index (χ2v) is 14.6. The molecule has 0 bridgehead atoms. The number of aliphatic hydroxyl groups excluding tert-OH is 4. The molecule has 0 amide bonds. The summed E-state index contributed by atoms with van der Waals surface area (Å²) >= 11 is 0. The van der Waals surface area contributed by atoms with Gasteiger partial charge in [-0.1, -0.05) is 53.2 Å². The lowest BCUT2D eigenvalue weighted by atomic mass is 9.32. The van der Waals surface area contributed by atoms with Gasteiger partial charge in [-0.25, -0.2) is 0 Å². The summed E-state index contributed by atoms with van der Waals surface area (Å²) in [5.74, 6) is -0.0914. The van der Waals surface area contributed by atoms with Crippen LogP contribution in [0.2, 0.25) is 0 Å². The highest BCUT2D eigenvalue weighted by molar-refractivity contribution is 5.76. The van der Waals surface area contributed by atoms with Crippen molar-refractivity contribution in [2.24, 2.45) is 56.7 Å². The van der Waals surface area contributed by atoms with Gasteiger partial charge in [-0.15, -0.1) is 0 Å². The van der Waals surface area contributed by atoms with Crippen LogP contribution in [0.4, 0.5) is 0 Å². The fourth-order valence-electron chi connectivity index (χ4n) is 11.2. The van der Waals surface area contributed by atoms with Gasteiger partial charge in [0.15, 0.2) is 0 Å². The zero-order chi connectivity index (χ0) is 26.6. The second-order valence-electron chi connectivity index (χ2n) is 14.6. The predicted molar refractivity (Wildman–Crippen MR) is 137 cm³/mol. The first-order chi connectivity index (χ1) is 16.6. The quantitative estimate of drug-likeness (QED) is 0.363. The number of aliphatic carboxylic acids is 1. The number of hydrogen-bond acceptors (Lipinski definition) is 5. The molecule has 13 atom stereocenters. The van der Waals surface area contributed by atoms with E-state index in [0.717, 1.165) is 25.7 Å². The fraction of sp³-hybridized carbons (Fsp3) is 0.900.